The first kappa shape index (κ1) is 24.2. The van der Waals surface area contributed by atoms with Crippen molar-refractivity contribution in [3.05, 3.63) is 0 Å². The van der Waals surface area contributed by atoms with Crippen molar-refractivity contribution >= 4 is 0 Å². The van der Waals surface area contributed by atoms with Crippen LogP contribution in [0.2, 0.25) is 0 Å². The molecule has 4 N–H and O–H groups in total. The highest BCUT2D eigenvalue weighted by molar-refractivity contribution is 5.05. The van der Waals surface area contributed by atoms with Gasteiger partial charge in [0.2, 0.25) is 0 Å². The highest BCUT2D eigenvalue weighted by Gasteiger charge is 2.56. The van der Waals surface area contributed by atoms with Gasteiger partial charge in [0.05, 0.1) is 6.10 Å². The molecule has 4 fully saturated rings. The molecule has 8 atom stereocenters. The van der Waals surface area contributed by atoms with E-state index in [1.807, 2.05) is 0 Å². The molecule has 0 aliphatic heterocycles. The molecule has 166 valence electrons. The zero-order chi connectivity index (χ0) is 18.3. The molecule has 28 heavy (non-hydrogen) atoms. The average Bonchev–Trinajstić information content (AvgIpc) is 2.96. The van der Waals surface area contributed by atoms with Gasteiger partial charge < -0.3 is 11.3 Å². The van der Waals surface area contributed by atoms with Crippen molar-refractivity contribution in [2.45, 2.75) is 118 Å². The number of fused-ring (bicyclic) bond motifs is 5. The van der Waals surface area contributed by atoms with Crippen molar-refractivity contribution in [1.82, 2.24) is 6.15 Å². The lowest BCUT2D eigenvalue weighted by Crippen LogP contribution is -2.48. The van der Waals surface area contributed by atoms with Crippen molar-refractivity contribution in [3.8, 4) is 0 Å². The maximum absolute atomic E-state index is 10.6. The zero-order valence-electron chi connectivity index (χ0n) is 18.5. The topological polar surface area (TPSA) is 55.2 Å². The van der Waals surface area contributed by atoms with E-state index in [4.69, 9.17) is 0 Å². The Bertz CT molecular complexity index is 477. The number of aliphatic hydroxyl groups is 1. The van der Waals surface area contributed by atoms with Gasteiger partial charge in [-0.1, -0.05) is 47.5 Å². The Labute approximate surface area is 176 Å². The number of aliphatic hydroxyl groups excluding tert-OH is 1. The standard InChI is InChI=1S/C25H44O.CH4.H3N/c1-17(2)8-11-20(26)16-19-10-13-24-23-12-9-18-6-4-5-7-21(18)22(23)14-15-25(19,24)3;;/h17-24,26H,4-16H2,1-3H3;1H4;1H3. The van der Waals surface area contributed by atoms with Crippen LogP contribution in [-0.4, -0.2) is 11.2 Å². The molecule has 4 aliphatic rings. The van der Waals surface area contributed by atoms with Gasteiger partial charge >= 0.3 is 0 Å². The molecular weight excluding hydrogens is 342 g/mol. The third kappa shape index (κ3) is 4.48. The van der Waals surface area contributed by atoms with Gasteiger partial charge in [-0.2, -0.15) is 0 Å². The summed E-state index contributed by atoms with van der Waals surface area (Å²) in [5.74, 6) is 6.76. The monoisotopic (exact) mass is 393 g/mol. The van der Waals surface area contributed by atoms with Crippen molar-refractivity contribution in [2.75, 3.05) is 0 Å². The summed E-state index contributed by atoms with van der Waals surface area (Å²) in [6.07, 6.45) is 18.3. The van der Waals surface area contributed by atoms with Gasteiger partial charge in [-0.05, 0) is 111 Å². The first-order valence-corrected chi connectivity index (χ1v) is 12.2. The summed E-state index contributed by atoms with van der Waals surface area (Å²) in [6, 6.07) is 0. The molecule has 4 aliphatic carbocycles. The maximum Gasteiger partial charge on any atom is 0.0543 e. The van der Waals surface area contributed by atoms with Crippen LogP contribution in [-0.2, 0) is 0 Å². The Kier molecular flexibility index (Phi) is 8.48. The smallest absolute Gasteiger partial charge is 0.0543 e. The van der Waals surface area contributed by atoms with Gasteiger partial charge in [0.25, 0.3) is 0 Å². The predicted octanol–water partition coefficient (Wildman–Crippen LogP) is 7.63. The van der Waals surface area contributed by atoms with Gasteiger partial charge in [0, 0.05) is 0 Å². The Morgan fingerprint density at radius 3 is 2.36 bits per heavy atom. The van der Waals surface area contributed by atoms with Gasteiger partial charge in [0.1, 0.15) is 0 Å². The first-order chi connectivity index (χ1) is 12.5. The highest BCUT2D eigenvalue weighted by atomic mass is 16.3. The Morgan fingerprint density at radius 2 is 1.61 bits per heavy atom. The molecular formula is C26H51NO. The average molecular weight is 394 g/mol. The minimum absolute atomic E-state index is 0. The molecule has 4 saturated carbocycles. The maximum atomic E-state index is 10.6. The number of hydrogen-bond acceptors (Lipinski definition) is 2. The van der Waals surface area contributed by atoms with Crippen LogP contribution in [0.4, 0.5) is 0 Å². The number of hydrogen-bond donors (Lipinski definition) is 2. The Morgan fingerprint density at radius 1 is 0.857 bits per heavy atom. The summed E-state index contributed by atoms with van der Waals surface area (Å²) in [7, 11) is 0. The van der Waals surface area contributed by atoms with Gasteiger partial charge in [-0.3, -0.25) is 0 Å². The van der Waals surface area contributed by atoms with Crippen LogP contribution in [0.5, 0.6) is 0 Å². The second-order valence-electron chi connectivity index (χ2n) is 11.4. The van der Waals surface area contributed by atoms with Crippen LogP contribution in [0, 0.1) is 46.8 Å². The Hall–Kier alpha value is -0.0800. The van der Waals surface area contributed by atoms with Gasteiger partial charge in [-0.25, -0.2) is 0 Å². The summed E-state index contributed by atoms with van der Waals surface area (Å²) in [5.41, 5.74) is 0.543. The largest absolute Gasteiger partial charge is 0.393 e. The van der Waals surface area contributed by atoms with E-state index in [-0.39, 0.29) is 19.7 Å². The van der Waals surface area contributed by atoms with Crippen molar-refractivity contribution < 1.29 is 5.11 Å². The van der Waals surface area contributed by atoms with E-state index < -0.39 is 0 Å². The summed E-state index contributed by atoms with van der Waals surface area (Å²) in [4.78, 5) is 0. The van der Waals surface area contributed by atoms with Crippen LogP contribution in [0.15, 0.2) is 0 Å². The molecule has 0 amide bonds. The third-order valence-electron chi connectivity index (χ3n) is 9.71. The molecule has 0 heterocycles. The van der Waals surface area contributed by atoms with E-state index in [1.54, 1.807) is 19.3 Å². The fourth-order valence-corrected chi connectivity index (χ4v) is 8.30. The van der Waals surface area contributed by atoms with E-state index >= 15 is 0 Å². The second-order valence-corrected chi connectivity index (χ2v) is 11.4. The molecule has 0 aromatic heterocycles. The van der Waals surface area contributed by atoms with E-state index in [9.17, 15) is 5.11 Å². The molecule has 0 aromatic rings. The molecule has 2 heteroatoms. The van der Waals surface area contributed by atoms with E-state index in [0.29, 0.717) is 5.41 Å². The quantitative estimate of drug-likeness (QED) is 0.504. The molecule has 0 aromatic carbocycles. The van der Waals surface area contributed by atoms with Crippen LogP contribution in [0.3, 0.4) is 0 Å². The lowest BCUT2D eigenvalue weighted by molar-refractivity contribution is -0.0671. The summed E-state index contributed by atoms with van der Waals surface area (Å²) < 4.78 is 0. The number of rotatable bonds is 5. The predicted molar refractivity (Wildman–Crippen MR) is 122 cm³/mol. The molecule has 0 spiro atoms. The van der Waals surface area contributed by atoms with E-state index in [2.05, 4.69) is 20.8 Å². The highest BCUT2D eigenvalue weighted by Crippen LogP contribution is 2.64. The van der Waals surface area contributed by atoms with Crippen LogP contribution in [0.1, 0.15) is 112 Å². The third-order valence-corrected chi connectivity index (χ3v) is 9.71. The van der Waals surface area contributed by atoms with Crippen LogP contribution < -0.4 is 6.15 Å². The molecule has 2 nitrogen and oxygen atoms in total. The van der Waals surface area contributed by atoms with Gasteiger partial charge in [0.15, 0.2) is 0 Å². The summed E-state index contributed by atoms with van der Waals surface area (Å²) >= 11 is 0. The molecule has 4 rings (SSSR count). The normalized spacial score (nSPS) is 43.2. The molecule has 8 unspecified atom stereocenters. The second kappa shape index (κ2) is 9.82. The van der Waals surface area contributed by atoms with Crippen LogP contribution in [0.25, 0.3) is 0 Å². The Balaban J connectivity index is 0.00000140. The minimum atomic E-state index is -0.0511. The zero-order valence-corrected chi connectivity index (χ0v) is 18.5. The van der Waals surface area contributed by atoms with Crippen molar-refractivity contribution in [3.63, 3.8) is 0 Å². The first-order valence-electron chi connectivity index (χ1n) is 12.2. The van der Waals surface area contributed by atoms with E-state index in [1.165, 1.54) is 51.4 Å². The summed E-state index contributed by atoms with van der Waals surface area (Å²) in [6.45, 7) is 7.19. The molecule has 0 saturated heterocycles. The van der Waals surface area contributed by atoms with E-state index in [0.717, 1.165) is 54.3 Å². The lowest BCUT2D eigenvalue weighted by Gasteiger charge is -2.56. The summed E-state index contributed by atoms with van der Waals surface area (Å²) in [5, 5.41) is 10.6. The van der Waals surface area contributed by atoms with Crippen molar-refractivity contribution in [1.29, 1.82) is 0 Å². The molecule has 0 bridgehead atoms. The fourth-order valence-electron chi connectivity index (χ4n) is 8.30. The minimum Gasteiger partial charge on any atom is -0.393 e. The fraction of sp³-hybridized carbons (Fsp3) is 1.00. The SMILES string of the molecule is C.CC(C)CCC(O)CC1CCC2C3CCC4CCCCC4C3CCC12C.N. The van der Waals surface area contributed by atoms with Gasteiger partial charge in [-0.15, -0.1) is 0 Å². The van der Waals surface area contributed by atoms with Crippen LogP contribution >= 0.6 is 0 Å². The molecule has 0 radical (unpaired) electrons. The lowest BCUT2D eigenvalue weighted by atomic mass is 9.49. The van der Waals surface area contributed by atoms with Crippen molar-refractivity contribution in [2.24, 2.45) is 46.8 Å².